The van der Waals surface area contributed by atoms with Crippen molar-refractivity contribution in [1.82, 2.24) is 4.98 Å². The van der Waals surface area contributed by atoms with Crippen LogP contribution < -0.4 is 11.1 Å². The van der Waals surface area contributed by atoms with Crippen molar-refractivity contribution in [2.24, 2.45) is 0 Å². The zero-order valence-corrected chi connectivity index (χ0v) is 8.85. The van der Waals surface area contributed by atoms with Gasteiger partial charge >= 0.3 is 0 Å². The number of nitrogens with one attached hydrogen (secondary N) is 1. The lowest BCUT2D eigenvalue weighted by atomic mass is 10.2. The normalized spacial score (nSPS) is 10.4. The molecule has 0 atom stereocenters. The maximum Gasteiger partial charge on any atom is 0.185 e. The molecule has 3 N–H and O–H groups in total. The largest absolute Gasteiger partial charge is 0.396 e. The molecule has 1 aromatic carbocycles. The number of hydrogen-bond donors (Lipinski definition) is 2. The second kappa shape index (κ2) is 4.52. The quantitative estimate of drug-likeness (QED) is 0.642. The predicted molar refractivity (Wildman–Crippen MR) is 58.2 cm³/mol. The Hall–Kier alpha value is -2.31. The van der Waals surface area contributed by atoms with Crippen molar-refractivity contribution in [3.8, 4) is 0 Å². The van der Waals surface area contributed by atoms with Crippen molar-refractivity contribution in [1.29, 1.82) is 0 Å². The van der Waals surface area contributed by atoms with Crippen molar-refractivity contribution in [3.63, 3.8) is 0 Å². The van der Waals surface area contributed by atoms with Gasteiger partial charge in [-0.2, -0.15) is 0 Å². The Morgan fingerprint density at radius 1 is 1.06 bits per heavy atom. The van der Waals surface area contributed by atoms with Crippen LogP contribution in [0.5, 0.6) is 0 Å². The molecule has 0 radical (unpaired) electrons. The van der Waals surface area contributed by atoms with Gasteiger partial charge in [-0.1, -0.05) is 0 Å². The lowest BCUT2D eigenvalue weighted by Gasteiger charge is -2.11. The van der Waals surface area contributed by atoms with E-state index < -0.39 is 29.0 Å². The van der Waals surface area contributed by atoms with E-state index in [0.717, 1.165) is 0 Å². The zero-order valence-electron chi connectivity index (χ0n) is 8.85. The Labute approximate surface area is 99.3 Å². The molecule has 2 rings (SSSR count). The van der Waals surface area contributed by atoms with Gasteiger partial charge in [-0.05, 0) is 6.07 Å². The van der Waals surface area contributed by atoms with Crippen LogP contribution >= 0.6 is 0 Å². The van der Waals surface area contributed by atoms with Crippen molar-refractivity contribution in [3.05, 3.63) is 47.8 Å². The van der Waals surface area contributed by atoms with Gasteiger partial charge in [0.15, 0.2) is 23.3 Å². The predicted octanol–water partition coefficient (Wildman–Crippen LogP) is 2.96. The number of nitrogens with zero attached hydrogens (tertiary/aromatic N) is 1. The SMILES string of the molecule is Nc1cnccc1Nc1c(F)c(F)cc(F)c1F. The molecule has 0 amide bonds. The third-order valence-electron chi connectivity index (χ3n) is 2.22. The minimum absolute atomic E-state index is 0.0842. The van der Waals surface area contributed by atoms with Crippen LogP contribution in [0.1, 0.15) is 0 Å². The Balaban J connectivity index is 2.50. The van der Waals surface area contributed by atoms with Crippen LogP contribution in [0.3, 0.4) is 0 Å². The van der Waals surface area contributed by atoms with Gasteiger partial charge in [0.25, 0.3) is 0 Å². The van der Waals surface area contributed by atoms with E-state index in [1.54, 1.807) is 0 Å². The molecule has 7 heteroatoms. The summed E-state index contributed by atoms with van der Waals surface area (Å²) in [5, 5.41) is 2.20. The van der Waals surface area contributed by atoms with Gasteiger partial charge in [0.05, 0.1) is 17.6 Å². The van der Waals surface area contributed by atoms with E-state index in [9.17, 15) is 17.6 Å². The Morgan fingerprint density at radius 3 is 2.22 bits per heavy atom. The van der Waals surface area contributed by atoms with Gasteiger partial charge in [-0.25, -0.2) is 17.6 Å². The van der Waals surface area contributed by atoms with Crippen molar-refractivity contribution in [2.75, 3.05) is 11.1 Å². The second-order valence-corrected chi connectivity index (χ2v) is 3.43. The topological polar surface area (TPSA) is 50.9 Å². The summed E-state index contributed by atoms with van der Waals surface area (Å²) in [4.78, 5) is 3.67. The van der Waals surface area contributed by atoms with Gasteiger partial charge in [0, 0.05) is 12.3 Å². The lowest BCUT2D eigenvalue weighted by molar-refractivity contribution is 0.459. The Morgan fingerprint density at radius 2 is 1.67 bits per heavy atom. The van der Waals surface area contributed by atoms with E-state index in [4.69, 9.17) is 5.73 Å². The first kappa shape index (κ1) is 12.2. The Bertz CT molecular complexity index is 575. The summed E-state index contributed by atoms with van der Waals surface area (Å²) in [7, 11) is 0. The maximum absolute atomic E-state index is 13.4. The lowest BCUT2D eigenvalue weighted by Crippen LogP contribution is -2.04. The average molecular weight is 257 g/mol. The van der Waals surface area contributed by atoms with Gasteiger partial charge in [0.2, 0.25) is 0 Å². The van der Waals surface area contributed by atoms with E-state index in [1.807, 2.05) is 0 Å². The molecule has 0 aliphatic rings. The number of hydrogen-bond acceptors (Lipinski definition) is 3. The highest BCUT2D eigenvalue weighted by atomic mass is 19.2. The number of halogens is 4. The van der Waals surface area contributed by atoms with Gasteiger partial charge in [0.1, 0.15) is 5.69 Å². The molecular weight excluding hydrogens is 250 g/mol. The number of nitrogens with two attached hydrogens (primary N) is 1. The van der Waals surface area contributed by atoms with Crippen LogP contribution in [-0.2, 0) is 0 Å². The van der Waals surface area contributed by atoms with Gasteiger partial charge in [-0.3, -0.25) is 4.98 Å². The molecule has 2 aromatic rings. The minimum atomic E-state index is -1.52. The first-order valence-electron chi connectivity index (χ1n) is 4.80. The maximum atomic E-state index is 13.4. The molecular formula is C11H7F4N3. The molecule has 0 bridgehead atoms. The summed E-state index contributed by atoms with van der Waals surface area (Å²) in [6.45, 7) is 0. The molecule has 18 heavy (non-hydrogen) atoms. The van der Waals surface area contributed by atoms with Crippen molar-refractivity contribution >= 4 is 17.1 Å². The number of nitrogen functional groups attached to an aromatic ring is 1. The van der Waals surface area contributed by atoms with Gasteiger partial charge < -0.3 is 11.1 Å². The van der Waals surface area contributed by atoms with Crippen LogP contribution in [0.25, 0.3) is 0 Å². The highest BCUT2D eigenvalue weighted by molar-refractivity contribution is 5.71. The smallest absolute Gasteiger partial charge is 0.185 e. The van der Waals surface area contributed by atoms with Crippen LogP contribution in [-0.4, -0.2) is 4.98 Å². The fourth-order valence-electron chi connectivity index (χ4n) is 1.34. The molecule has 0 fully saturated rings. The van der Waals surface area contributed by atoms with E-state index in [0.29, 0.717) is 0 Å². The third kappa shape index (κ3) is 2.06. The average Bonchev–Trinajstić information content (AvgIpc) is 2.34. The molecule has 0 aliphatic heterocycles. The van der Waals surface area contributed by atoms with Gasteiger partial charge in [-0.15, -0.1) is 0 Å². The summed E-state index contributed by atoms with van der Waals surface area (Å²) >= 11 is 0. The van der Waals surface area contributed by atoms with Crippen LogP contribution in [0.2, 0.25) is 0 Å². The first-order chi connectivity index (χ1) is 8.50. The van der Waals surface area contributed by atoms with E-state index in [-0.39, 0.29) is 17.4 Å². The van der Waals surface area contributed by atoms with Crippen LogP contribution in [0, 0.1) is 23.3 Å². The Kier molecular flexibility index (Phi) is 3.05. The molecule has 0 saturated heterocycles. The summed E-state index contributed by atoms with van der Waals surface area (Å²) in [6.07, 6.45) is 2.54. The number of rotatable bonds is 2. The van der Waals surface area contributed by atoms with Crippen molar-refractivity contribution < 1.29 is 17.6 Å². The molecule has 1 aromatic heterocycles. The fraction of sp³-hybridized carbons (Fsp3) is 0. The molecule has 0 saturated carbocycles. The summed E-state index contributed by atoms with van der Waals surface area (Å²) in [6, 6.07) is 1.45. The molecule has 1 heterocycles. The molecule has 0 unspecified atom stereocenters. The standard InChI is InChI=1S/C11H7F4N3/c12-5-3-6(13)10(15)11(9(5)14)18-8-1-2-17-4-7(8)16/h1-4H,16H2,(H,17,18). The van der Waals surface area contributed by atoms with E-state index >= 15 is 0 Å². The van der Waals surface area contributed by atoms with E-state index in [1.165, 1.54) is 18.5 Å². The number of pyridine rings is 1. The summed E-state index contributed by atoms with van der Waals surface area (Å²) in [5.41, 5.74) is 4.72. The highest BCUT2D eigenvalue weighted by Crippen LogP contribution is 2.29. The second-order valence-electron chi connectivity index (χ2n) is 3.43. The highest BCUT2D eigenvalue weighted by Gasteiger charge is 2.19. The summed E-state index contributed by atoms with van der Waals surface area (Å²) < 4.78 is 52.6. The first-order valence-corrected chi connectivity index (χ1v) is 4.80. The molecule has 94 valence electrons. The zero-order chi connectivity index (χ0) is 13.3. The van der Waals surface area contributed by atoms with Crippen molar-refractivity contribution in [2.45, 2.75) is 0 Å². The number of aromatic nitrogens is 1. The number of anilines is 3. The monoisotopic (exact) mass is 257 g/mol. The number of benzene rings is 1. The molecule has 3 nitrogen and oxygen atoms in total. The minimum Gasteiger partial charge on any atom is -0.396 e. The van der Waals surface area contributed by atoms with Crippen LogP contribution in [0.15, 0.2) is 24.5 Å². The summed E-state index contributed by atoms with van der Waals surface area (Å²) in [5.74, 6) is -6.04. The third-order valence-corrected chi connectivity index (χ3v) is 2.22. The van der Waals surface area contributed by atoms with E-state index in [2.05, 4.69) is 10.3 Å². The fourth-order valence-corrected chi connectivity index (χ4v) is 1.34. The van der Waals surface area contributed by atoms with Crippen LogP contribution in [0.4, 0.5) is 34.6 Å². The molecule has 0 aliphatic carbocycles. The molecule has 0 spiro atoms.